The Kier molecular flexibility index (Phi) is 3.88. The summed E-state index contributed by atoms with van der Waals surface area (Å²) in [5.74, 6) is 3.34. The van der Waals surface area contributed by atoms with Crippen LogP contribution < -0.4 is 5.32 Å². The summed E-state index contributed by atoms with van der Waals surface area (Å²) in [6.07, 6.45) is 8.45. The van der Waals surface area contributed by atoms with Gasteiger partial charge in [0.1, 0.15) is 0 Å². The Balaban J connectivity index is 1.76. The van der Waals surface area contributed by atoms with E-state index in [1.807, 2.05) is 12.1 Å². The van der Waals surface area contributed by atoms with Crippen molar-refractivity contribution in [1.29, 1.82) is 0 Å². The van der Waals surface area contributed by atoms with Crippen LogP contribution in [0.2, 0.25) is 5.02 Å². The van der Waals surface area contributed by atoms with Crippen molar-refractivity contribution in [3.63, 3.8) is 0 Å². The van der Waals surface area contributed by atoms with Gasteiger partial charge in [-0.05, 0) is 36.5 Å². The first-order valence-electron chi connectivity index (χ1n) is 5.72. The molecule has 0 amide bonds. The first kappa shape index (κ1) is 11.5. The quantitative estimate of drug-likeness (QED) is 0.622. The smallest absolute Gasteiger partial charge is 0.0406 e. The van der Waals surface area contributed by atoms with E-state index < -0.39 is 0 Å². The third kappa shape index (κ3) is 2.78. The fourth-order valence-electron chi connectivity index (χ4n) is 2.14. The molecule has 16 heavy (non-hydrogen) atoms. The molecule has 1 fully saturated rings. The largest absolute Gasteiger partial charge is 0.313 e. The van der Waals surface area contributed by atoms with E-state index in [1.165, 1.54) is 18.4 Å². The fraction of sp³-hybridized carbons (Fsp3) is 0.429. The Morgan fingerprint density at radius 3 is 2.62 bits per heavy atom. The lowest BCUT2D eigenvalue weighted by Crippen LogP contribution is -2.40. The molecular formula is C14H16ClN. The van der Waals surface area contributed by atoms with Crippen molar-refractivity contribution in [3.8, 4) is 12.3 Å². The lowest BCUT2D eigenvalue weighted by atomic mass is 9.76. The summed E-state index contributed by atoms with van der Waals surface area (Å²) < 4.78 is 0. The number of halogens is 1. The first-order chi connectivity index (χ1) is 7.79. The molecule has 0 heterocycles. The van der Waals surface area contributed by atoms with Gasteiger partial charge in [-0.3, -0.25) is 0 Å². The second-order valence-electron chi connectivity index (χ2n) is 4.33. The molecule has 1 nitrogen and oxygen atoms in total. The first-order valence-corrected chi connectivity index (χ1v) is 6.09. The van der Waals surface area contributed by atoms with E-state index >= 15 is 0 Å². The monoisotopic (exact) mass is 233 g/mol. The molecular weight excluding hydrogens is 218 g/mol. The van der Waals surface area contributed by atoms with Crippen molar-refractivity contribution < 1.29 is 0 Å². The molecule has 0 saturated heterocycles. The lowest BCUT2D eigenvalue weighted by Gasteiger charge is -2.36. The molecule has 1 aliphatic rings. The number of nitrogens with one attached hydrogen (secondary N) is 1. The summed E-state index contributed by atoms with van der Waals surface area (Å²) in [7, 11) is 0. The van der Waals surface area contributed by atoms with Crippen LogP contribution in [0.25, 0.3) is 0 Å². The summed E-state index contributed by atoms with van der Waals surface area (Å²) in [6.45, 7) is 0.939. The number of hydrogen-bond donors (Lipinski definition) is 1. The minimum atomic E-state index is 0.647. The number of benzene rings is 1. The van der Waals surface area contributed by atoms with Crippen molar-refractivity contribution in [3.05, 3.63) is 34.9 Å². The molecule has 1 saturated carbocycles. The summed E-state index contributed by atoms with van der Waals surface area (Å²) >= 11 is 5.86. The van der Waals surface area contributed by atoms with Crippen LogP contribution in [-0.2, 0) is 0 Å². The molecule has 84 valence electrons. The molecule has 0 spiro atoms. The predicted molar refractivity (Wildman–Crippen MR) is 68.7 cm³/mol. The summed E-state index contributed by atoms with van der Waals surface area (Å²) in [5, 5.41) is 4.27. The average molecular weight is 234 g/mol. The minimum Gasteiger partial charge on any atom is -0.313 e. The van der Waals surface area contributed by atoms with E-state index in [9.17, 15) is 0 Å². The highest BCUT2D eigenvalue weighted by Crippen LogP contribution is 2.37. The maximum Gasteiger partial charge on any atom is 0.0406 e. The Bertz CT molecular complexity index is 371. The van der Waals surface area contributed by atoms with Gasteiger partial charge in [-0.15, -0.1) is 12.3 Å². The van der Waals surface area contributed by atoms with E-state index in [-0.39, 0.29) is 0 Å². The number of hydrogen-bond acceptors (Lipinski definition) is 1. The van der Waals surface area contributed by atoms with Crippen LogP contribution in [0.1, 0.15) is 30.7 Å². The van der Waals surface area contributed by atoms with E-state index in [0.29, 0.717) is 12.0 Å². The van der Waals surface area contributed by atoms with Gasteiger partial charge in [0.25, 0.3) is 0 Å². The summed E-state index contributed by atoms with van der Waals surface area (Å²) in [5.41, 5.74) is 1.40. The molecule has 1 aromatic rings. The topological polar surface area (TPSA) is 12.0 Å². The summed E-state index contributed by atoms with van der Waals surface area (Å²) in [4.78, 5) is 0. The zero-order valence-electron chi connectivity index (χ0n) is 9.25. The van der Waals surface area contributed by atoms with Gasteiger partial charge in [-0.25, -0.2) is 0 Å². The number of terminal acetylenes is 1. The molecule has 0 aromatic heterocycles. The Morgan fingerprint density at radius 2 is 2.00 bits per heavy atom. The second kappa shape index (κ2) is 5.39. The SMILES string of the molecule is C#CCCNC1CC(c2ccc(Cl)cc2)C1. The minimum absolute atomic E-state index is 0.647. The van der Waals surface area contributed by atoms with Crippen molar-refractivity contribution in [2.45, 2.75) is 31.2 Å². The Labute approximate surface area is 102 Å². The van der Waals surface area contributed by atoms with Gasteiger partial charge in [0.15, 0.2) is 0 Å². The van der Waals surface area contributed by atoms with Crippen LogP contribution >= 0.6 is 11.6 Å². The van der Waals surface area contributed by atoms with Crippen LogP contribution in [0.3, 0.4) is 0 Å². The molecule has 2 heteroatoms. The van der Waals surface area contributed by atoms with E-state index in [4.69, 9.17) is 18.0 Å². The van der Waals surface area contributed by atoms with Crippen molar-refractivity contribution in [2.24, 2.45) is 0 Å². The highest BCUT2D eigenvalue weighted by molar-refractivity contribution is 6.30. The molecule has 0 radical (unpaired) electrons. The van der Waals surface area contributed by atoms with E-state index in [2.05, 4.69) is 23.4 Å². The van der Waals surface area contributed by atoms with Gasteiger partial charge < -0.3 is 5.32 Å². The third-order valence-corrected chi connectivity index (χ3v) is 3.43. The molecule has 0 aliphatic heterocycles. The van der Waals surface area contributed by atoms with Crippen molar-refractivity contribution in [1.82, 2.24) is 5.32 Å². The molecule has 0 bridgehead atoms. The molecule has 0 unspecified atom stereocenters. The molecule has 0 atom stereocenters. The normalized spacial score (nSPS) is 23.5. The van der Waals surface area contributed by atoms with Crippen molar-refractivity contribution >= 4 is 11.6 Å². The van der Waals surface area contributed by atoms with Crippen LogP contribution in [0.15, 0.2) is 24.3 Å². The van der Waals surface area contributed by atoms with Gasteiger partial charge >= 0.3 is 0 Å². The Morgan fingerprint density at radius 1 is 1.31 bits per heavy atom. The maximum atomic E-state index is 5.86. The molecule has 2 rings (SSSR count). The standard InChI is InChI=1S/C14H16ClN/c1-2-3-8-16-14-9-12(10-14)11-4-6-13(15)7-5-11/h1,4-7,12,14,16H,3,8-10H2. The second-order valence-corrected chi connectivity index (χ2v) is 4.76. The predicted octanol–water partition coefficient (Wildman–Crippen LogP) is 3.20. The molecule has 1 N–H and O–H groups in total. The highest BCUT2D eigenvalue weighted by atomic mass is 35.5. The third-order valence-electron chi connectivity index (χ3n) is 3.18. The van der Waals surface area contributed by atoms with Crippen LogP contribution in [0, 0.1) is 12.3 Å². The fourth-order valence-corrected chi connectivity index (χ4v) is 2.27. The van der Waals surface area contributed by atoms with Crippen LogP contribution in [0.5, 0.6) is 0 Å². The number of rotatable bonds is 4. The zero-order valence-corrected chi connectivity index (χ0v) is 10.0. The van der Waals surface area contributed by atoms with Gasteiger partial charge in [0.2, 0.25) is 0 Å². The van der Waals surface area contributed by atoms with Gasteiger partial charge in [-0.2, -0.15) is 0 Å². The average Bonchev–Trinajstić information content (AvgIpc) is 2.23. The Hall–Kier alpha value is -0.970. The summed E-state index contributed by atoms with van der Waals surface area (Å²) in [6, 6.07) is 8.84. The zero-order chi connectivity index (χ0) is 11.4. The van der Waals surface area contributed by atoms with Gasteiger partial charge in [0.05, 0.1) is 0 Å². The van der Waals surface area contributed by atoms with Crippen molar-refractivity contribution in [2.75, 3.05) is 6.54 Å². The maximum absolute atomic E-state index is 5.86. The molecule has 1 aliphatic carbocycles. The van der Waals surface area contributed by atoms with Crippen LogP contribution in [-0.4, -0.2) is 12.6 Å². The van der Waals surface area contributed by atoms with Crippen LogP contribution in [0.4, 0.5) is 0 Å². The molecule has 1 aromatic carbocycles. The van der Waals surface area contributed by atoms with Gasteiger partial charge in [-0.1, -0.05) is 23.7 Å². The van der Waals surface area contributed by atoms with Gasteiger partial charge in [0, 0.05) is 24.0 Å². The van der Waals surface area contributed by atoms with E-state index in [0.717, 1.165) is 18.0 Å². The highest BCUT2D eigenvalue weighted by Gasteiger charge is 2.29. The van der Waals surface area contributed by atoms with E-state index in [1.54, 1.807) is 0 Å². The lowest BCUT2D eigenvalue weighted by molar-refractivity contribution is 0.294.